The summed E-state index contributed by atoms with van der Waals surface area (Å²) >= 11 is 0. The summed E-state index contributed by atoms with van der Waals surface area (Å²) in [4.78, 5) is 13.3. The smallest absolute Gasteiger partial charge is 0.239 e. The molecule has 1 atom stereocenters. The molecular weight excluding hydrogens is 180 g/mol. The van der Waals surface area contributed by atoms with E-state index < -0.39 is 11.6 Å². The van der Waals surface area contributed by atoms with Gasteiger partial charge in [-0.05, 0) is 27.2 Å². The molecule has 0 aromatic carbocycles. The Morgan fingerprint density at radius 3 is 2.29 bits per heavy atom. The van der Waals surface area contributed by atoms with Gasteiger partial charge in [-0.2, -0.15) is 0 Å². The first-order valence-electron chi connectivity index (χ1n) is 5.08. The summed E-state index contributed by atoms with van der Waals surface area (Å²) in [6.07, 6.45) is 0.626. The molecule has 4 nitrogen and oxygen atoms in total. The molecule has 0 saturated carbocycles. The van der Waals surface area contributed by atoms with E-state index >= 15 is 0 Å². The predicted molar refractivity (Wildman–Crippen MR) is 56.8 cm³/mol. The number of nitrogens with two attached hydrogens (primary N) is 1. The Balaban J connectivity index is 4.34. The number of amides is 1. The van der Waals surface area contributed by atoms with E-state index in [1.165, 1.54) is 0 Å². The molecule has 14 heavy (non-hydrogen) atoms. The highest BCUT2D eigenvalue weighted by Gasteiger charge is 2.24. The minimum absolute atomic E-state index is 0.0860. The highest BCUT2D eigenvalue weighted by Crippen LogP contribution is 2.06. The molecule has 0 saturated heterocycles. The fourth-order valence-electron chi connectivity index (χ4n) is 1.22. The second-order valence-corrected chi connectivity index (χ2v) is 4.18. The average Bonchev–Trinajstić information content (AvgIpc) is 2.10. The van der Waals surface area contributed by atoms with Crippen molar-refractivity contribution in [3.63, 3.8) is 0 Å². The Hall–Kier alpha value is -0.610. The van der Waals surface area contributed by atoms with Gasteiger partial charge in [0.25, 0.3) is 0 Å². The minimum atomic E-state index is -0.862. The maximum absolute atomic E-state index is 11.7. The van der Waals surface area contributed by atoms with Gasteiger partial charge in [-0.25, -0.2) is 0 Å². The molecule has 0 aliphatic heterocycles. The van der Waals surface area contributed by atoms with Crippen LogP contribution in [0.25, 0.3) is 0 Å². The zero-order valence-electron chi connectivity index (χ0n) is 9.58. The Bertz CT molecular complexity index is 187. The Kier molecular flexibility index (Phi) is 5.08. The first-order valence-corrected chi connectivity index (χ1v) is 5.08. The molecule has 0 spiro atoms. The fourth-order valence-corrected chi connectivity index (χ4v) is 1.22. The molecule has 0 fully saturated rings. The molecule has 0 aromatic heterocycles. The highest BCUT2D eigenvalue weighted by atomic mass is 16.3. The van der Waals surface area contributed by atoms with E-state index in [-0.39, 0.29) is 5.91 Å². The van der Waals surface area contributed by atoms with Crippen LogP contribution in [0.4, 0.5) is 0 Å². The normalized spacial score (nSPS) is 13.9. The van der Waals surface area contributed by atoms with E-state index in [9.17, 15) is 9.90 Å². The van der Waals surface area contributed by atoms with Gasteiger partial charge >= 0.3 is 0 Å². The molecule has 3 N–H and O–H groups in total. The standard InChI is InChI=1S/C10H22N2O2/c1-5-8(11)9(13)12(6-2)7-10(3,4)14/h8,14H,5-7,11H2,1-4H3. The van der Waals surface area contributed by atoms with Gasteiger partial charge in [0.2, 0.25) is 5.91 Å². The van der Waals surface area contributed by atoms with Gasteiger partial charge in [-0.15, -0.1) is 0 Å². The number of carbonyl (C=O) groups is 1. The van der Waals surface area contributed by atoms with E-state index in [2.05, 4.69) is 0 Å². The van der Waals surface area contributed by atoms with E-state index in [1.807, 2.05) is 13.8 Å². The number of rotatable bonds is 5. The van der Waals surface area contributed by atoms with Crippen LogP contribution in [-0.2, 0) is 4.79 Å². The molecule has 1 amide bonds. The third-order valence-electron chi connectivity index (χ3n) is 2.03. The summed E-state index contributed by atoms with van der Waals surface area (Å²) in [5.41, 5.74) is 4.78. The van der Waals surface area contributed by atoms with Crippen molar-refractivity contribution in [2.24, 2.45) is 5.73 Å². The molecule has 0 bridgehead atoms. The first-order chi connectivity index (χ1) is 6.31. The third kappa shape index (κ3) is 4.58. The topological polar surface area (TPSA) is 66.6 Å². The molecule has 0 aliphatic carbocycles. The lowest BCUT2D eigenvalue weighted by Crippen LogP contribution is -2.48. The lowest BCUT2D eigenvalue weighted by molar-refractivity contribution is -0.135. The number of likely N-dealkylation sites (N-methyl/N-ethyl adjacent to an activating group) is 1. The quantitative estimate of drug-likeness (QED) is 0.675. The lowest BCUT2D eigenvalue weighted by Gasteiger charge is -2.29. The van der Waals surface area contributed by atoms with Crippen molar-refractivity contribution in [2.45, 2.75) is 45.8 Å². The second-order valence-electron chi connectivity index (χ2n) is 4.18. The maximum atomic E-state index is 11.7. The monoisotopic (exact) mass is 202 g/mol. The fraction of sp³-hybridized carbons (Fsp3) is 0.900. The summed E-state index contributed by atoms with van der Waals surface area (Å²) in [5, 5.41) is 9.59. The largest absolute Gasteiger partial charge is 0.389 e. The second kappa shape index (κ2) is 5.32. The van der Waals surface area contributed by atoms with Crippen molar-refractivity contribution in [2.75, 3.05) is 13.1 Å². The summed E-state index contributed by atoms with van der Waals surface area (Å²) in [7, 11) is 0. The van der Waals surface area contributed by atoms with Crippen LogP contribution < -0.4 is 5.73 Å². The number of aliphatic hydroxyl groups is 1. The van der Waals surface area contributed by atoms with Gasteiger partial charge in [-0.3, -0.25) is 4.79 Å². The van der Waals surface area contributed by atoms with E-state index in [4.69, 9.17) is 5.73 Å². The predicted octanol–water partition coefficient (Wildman–Crippen LogP) is 0.343. The van der Waals surface area contributed by atoms with Crippen LogP contribution in [0.1, 0.15) is 34.1 Å². The van der Waals surface area contributed by atoms with Crippen LogP contribution in [0.5, 0.6) is 0 Å². The van der Waals surface area contributed by atoms with Gasteiger partial charge in [0, 0.05) is 13.1 Å². The van der Waals surface area contributed by atoms with Crippen molar-refractivity contribution in [1.29, 1.82) is 0 Å². The van der Waals surface area contributed by atoms with Crippen molar-refractivity contribution >= 4 is 5.91 Å². The van der Waals surface area contributed by atoms with Crippen LogP contribution in [0.3, 0.4) is 0 Å². The molecule has 0 heterocycles. The van der Waals surface area contributed by atoms with Crippen molar-refractivity contribution in [1.82, 2.24) is 4.90 Å². The molecule has 0 aromatic rings. The Morgan fingerprint density at radius 2 is 2.00 bits per heavy atom. The average molecular weight is 202 g/mol. The zero-order valence-corrected chi connectivity index (χ0v) is 9.58. The molecule has 1 unspecified atom stereocenters. The van der Waals surface area contributed by atoms with Crippen LogP contribution in [0, 0.1) is 0 Å². The van der Waals surface area contributed by atoms with Gasteiger partial charge in [0.15, 0.2) is 0 Å². The van der Waals surface area contributed by atoms with Gasteiger partial charge in [-0.1, -0.05) is 6.92 Å². The molecule has 4 heteroatoms. The lowest BCUT2D eigenvalue weighted by atomic mass is 10.1. The Labute approximate surface area is 86.1 Å². The zero-order chi connectivity index (χ0) is 11.4. The number of hydrogen-bond acceptors (Lipinski definition) is 3. The maximum Gasteiger partial charge on any atom is 0.239 e. The van der Waals surface area contributed by atoms with Crippen molar-refractivity contribution in [3.05, 3.63) is 0 Å². The van der Waals surface area contributed by atoms with Gasteiger partial charge in [0.1, 0.15) is 0 Å². The molecule has 0 aliphatic rings. The first kappa shape index (κ1) is 13.4. The van der Waals surface area contributed by atoms with Gasteiger partial charge < -0.3 is 15.7 Å². The Morgan fingerprint density at radius 1 is 1.50 bits per heavy atom. The number of carbonyl (C=O) groups excluding carboxylic acids is 1. The van der Waals surface area contributed by atoms with Crippen LogP contribution in [0.15, 0.2) is 0 Å². The summed E-state index contributed by atoms with van der Waals surface area (Å²) in [6, 6.07) is -0.447. The molecular formula is C10H22N2O2. The van der Waals surface area contributed by atoms with Crippen molar-refractivity contribution in [3.8, 4) is 0 Å². The minimum Gasteiger partial charge on any atom is -0.389 e. The highest BCUT2D eigenvalue weighted by molar-refractivity contribution is 5.81. The van der Waals surface area contributed by atoms with Crippen LogP contribution >= 0.6 is 0 Å². The summed E-state index contributed by atoms with van der Waals surface area (Å²) in [6.45, 7) is 8.03. The van der Waals surface area contributed by atoms with Crippen molar-refractivity contribution < 1.29 is 9.90 Å². The summed E-state index contributed by atoms with van der Waals surface area (Å²) in [5.74, 6) is -0.0860. The summed E-state index contributed by atoms with van der Waals surface area (Å²) < 4.78 is 0. The van der Waals surface area contributed by atoms with E-state index in [1.54, 1.807) is 18.7 Å². The van der Waals surface area contributed by atoms with E-state index in [0.717, 1.165) is 0 Å². The van der Waals surface area contributed by atoms with Crippen LogP contribution in [-0.4, -0.2) is 40.6 Å². The number of hydrogen-bond donors (Lipinski definition) is 2. The third-order valence-corrected chi connectivity index (χ3v) is 2.03. The van der Waals surface area contributed by atoms with Crippen LogP contribution in [0.2, 0.25) is 0 Å². The molecule has 0 rings (SSSR count). The van der Waals surface area contributed by atoms with Gasteiger partial charge in [0.05, 0.1) is 11.6 Å². The molecule has 0 radical (unpaired) electrons. The van der Waals surface area contributed by atoms with E-state index in [0.29, 0.717) is 19.5 Å². The SMILES string of the molecule is CCC(N)C(=O)N(CC)CC(C)(C)O. The number of nitrogens with zero attached hydrogens (tertiary/aromatic N) is 1. The molecule has 84 valence electrons.